The van der Waals surface area contributed by atoms with E-state index in [1.54, 1.807) is 13.0 Å². The van der Waals surface area contributed by atoms with Crippen LogP contribution in [0.4, 0.5) is 0 Å². The summed E-state index contributed by atoms with van der Waals surface area (Å²) in [6.07, 6.45) is 0. The van der Waals surface area contributed by atoms with Gasteiger partial charge in [-0.1, -0.05) is 6.07 Å². The Kier molecular flexibility index (Phi) is 4.23. The molecule has 0 heterocycles. The maximum absolute atomic E-state index is 10.7. The Morgan fingerprint density at radius 2 is 1.69 bits per heavy atom. The van der Waals surface area contributed by atoms with Crippen LogP contribution in [0.3, 0.4) is 0 Å². The average molecular weight is 252 g/mol. The molecular formula is C8H10O3SZn. The summed E-state index contributed by atoms with van der Waals surface area (Å²) in [4.78, 5) is -0.0504. The Balaban J connectivity index is 0.00000144. The SMILES string of the molecule is Cc1ccc(S(=O)(=O)O)cc1C.[Zn]. The molecule has 1 N–H and O–H groups in total. The number of hydrogen-bond donors (Lipinski definition) is 1. The van der Waals surface area contributed by atoms with E-state index in [0.717, 1.165) is 11.1 Å². The molecule has 0 amide bonds. The molecule has 0 fully saturated rings. The fourth-order valence-corrected chi connectivity index (χ4v) is 1.44. The molecule has 1 aromatic rings. The van der Waals surface area contributed by atoms with Gasteiger partial charge in [0.25, 0.3) is 10.1 Å². The van der Waals surface area contributed by atoms with Gasteiger partial charge in [-0.3, -0.25) is 4.55 Å². The molecule has 1 aromatic carbocycles. The van der Waals surface area contributed by atoms with Gasteiger partial charge in [0.05, 0.1) is 4.90 Å². The Labute approximate surface area is 90.7 Å². The van der Waals surface area contributed by atoms with Crippen molar-refractivity contribution >= 4 is 10.1 Å². The Morgan fingerprint density at radius 3 is 2.08 bits per heavy atom. The van der Waals surface area contributed by atoms with Crippen LogP contribution in [0, 0.1) is 13.8 Å². The van der Waals surface area contributed by atoms with E-state index < -0.39 is 10.1 Å². The zero-order chi connectivity index (χ0) is 9.35. The molecule has 0 saturated carbocycles. The molecule has 0 aliphatic rings. The van der Waals surface area contributed by atoms with Crippen LogP contribution >= 0.6 is 0 Å². The molecule has 0 spiro atoms. The first kappa shape index (κ1) is 12.8. The Bertz CT molecular complexity index is 398. The average Bonchev–Trinajstić information content (AvgIpc) is 1.92. The number of rotatable bonds is 1. The van der Waals surface area contributed by atoms with Crippen molar-refractivity contribution in [1.82, 2.24) is 0 Å². The second-order valence-electron chi connectivity index (χ2n) is 2.72. The molecule has 0 aliphatic carbocycles. The number of benzene rings is 1. The first-order valence-corrected chi connectivity index (χ1v) is 4.90. The van der Waals surface area contributed by atoms with Crippen LogP contribution in [0.2, 0.25) is 0 Å². The number of hydrogen-bond acceptors (Lipinski definition) is 2. The van der Waals surface area contributed by atoms with Crippen LogP contribution in [-0.2, 0) is 29.6 Å². The van der Waals surface area contributed by atoms with Crippen molar-refractivity contribution in [2.45, 2.75) is 18.7 Å². The predicted octanol–water partition coefficient (Wildman–Crippen LogP) is 1.55. The number of aryl methyl sites for hydroxylation is 2. The summed E-state index contributed by atoms with van der Waals surface area (Å²) < 4.78 is 30.0. The minimum Gasteiger partial charge on any atom is -0.282 e. The van der Waals surface area contributed by atoms with Crippen LogP contribution in [-0.4, -0.2) is 13.0 Å². The monoisotopic (exact) mass is 250 g/mol. The van der Waals surface area contributed by atoms with Crippen molar-refractivity contribution < 1.29 is 32.4 Å². The molecule has 0 aliphatic heterocycles. The summed E-state index contributed by atoms with van der Waals surface area (Å²) >= 11 is 0. The van der Waals surface area contributed by atoms with E-state index in [4.69, 9.17) is 4.55 Å². The fourth-order valence-electron chi connectivity index (χ4n) is 0.874. The van der Waals surface area contributed by atoms with E-state index in [2.05, 4.69) is 0 Å². The molecule has 0 aromatic heterocycles. The van der Waals surface area contributed by atoms with Crippen LogP contribution in [0.25, 0.3) is 0 Å². The maximum Gasteiger partial charge on any atom is 0.294 e. The zero-order valence-corrected chi connectivity index (χ0v) is 11.4. The van der Waals surface area contributed by atoms with Crippen LogP contribution in [0.15, 0.2) is 23.1 Å². The van der Waals surface area contributed by atoms with Gasteiger partial charge in [0, 0.05) is 19.5 Å². The van der Waals surface area contributed by atoms with Crippen molar-refractivity contribution in [2.24, 2.45) is 0 Å². The normalized spacial score (nSPS) is 10.7. The van der Waals surface area contributed by atoms with E-state index in [0.29, 0.717) is 0 Å². The van der Waals surface area contributed by atoms with Gasteiger partial charge in [-0.2, -0.15) is 8.42 Å². The molecule has 0 radical (unpaired) electrons. The topological polar surface area (TPSA) is 54.4 Å². The minimum atomic E-state index is -4.04. The first-order valence-electron chi connectivity index (χ1n) is 3.46. The second kappa shape index (κ2) is 4.31. The molecule has 3 nitrogen and oxygen atoms in total. The van der Waals surface area contributed by atoms with Crippen molar-refractivity contribution in [3.05, 3.63) is 29.3 Å². The Morgan fingerprint density at radius 1 is 1.15 bits per heavy atom. The van der Waals surface area contributed by atoms with Gasteiger partial charge in [0.15, 0.2) is 0 Å². The van der Waals surface area contributed by atoms with Gasteiger partial charge in [-0.05, 0) is 37.1 Å². The Hall–Kier alpha value is -0.247. The van der Waals surface area contributed by atoms with E-state index in [1.165, 1.54) is 12.1 Å². The third-order valence-electron chi connectivity index (χ3n) is 1.78. The molecule has 5 heteroatoms. The standard InChI is InChI=1S/C8H10O3S.Zn/c1-6-3-4-8(5-7(6)2)12(9,10)11;/h3-5H,1-2H3,(H,9,10,11);. The molecule has 1 rings (SSSR count). The van der Waals surface area contributed by atoms with Crippen molar-refractivity contribution in [2.75, 3.05) is 0 Å². The molecule has 68 valence electrons. The third-order valence-corrected chi connectivity index (χ3v) is 2.63. The predicted molar refractivity (Wildman–Crippen MR) is 45.7 cm³/mol. The van der Waals surface area contributed by atoms with Gasteiger partial charge < -0.3 is 0 Å². The van der Waals surface area contributed by atoms with Crippen molar-refractivity contribution in [3.8, 4) is 0 Å². The summed E-state index contributed by atoms with van der Waals surface area (Å²) in [7, 11) is -4.04. The largest absolute Gasteiger partial charge is 0.294 e. The van der Waals surface area contributed by atoms with Crippen molar-refractivity contribution in [3.63, 3.8) is 0 Å². The van der Waals surface area contributed by atoms with Crippen LogP contribution < -0.4 is 0 Å². The molecule has 13 heavy (non-hydrogen) atoms. The summed E-state index contributed by atoms with van der Waals surface area (Å²) in [5.41, 5.74) is 1.85. The molecule has 0 unspecified atom stereocenters. The smallest absolute Gasteiger partial charge is 0.282 e. The van der Waals surface area contributed by atoms with E-state index in [9.17, 15) is 8.42 Å². The van der Waals surface area contributed by atoms with Gasteiger partial charge in [-0.25, -0.2) is 0 Å². The summed E-state index contributed by atoms with van der Waals surface area (Å²) in [5, 5.41) is 0. The molecule has 0 bridgehead atoms. The maximum atomic E-state index is 10.7. The van der Waals surface area contributed by atoms with Gasteiger partial charge in [0.2, 0.25) is 0 Å². The van der Waals surface area contributed by atoms with Gasteiger partial charge in [0.1, 0.15) is 0 Å². The first-order chi connectivity index (χ1) is 5.41. The van der Waals surface area contributed by atoms with E-state index in [-0.39, 0.29) is 24.4 Å². The van der Waals surface area contributed by atoms with Crippen molar-refractivity contribution in [1.29, 1.82) is 0 Å². The molecule has 0 saturated heterocycles. The quantitative estimate of drug-likeness (QED) is 0.609. The van der Waals surface area contributed by atoms with E-state index in [1.807, 2.05) is 6.92 Å². The van der Waals surface area contributed by atoms with E-state index >= 15 is 0 Å². The minimum absolute atomic E-state index is 0. The van der Waals surface area contributed by atoms with Gasteiger partial charge in [-0.15, -0.1) is 0 Å². The van der Waals surface area contributed by atoms with Crippen LogP contribution in [0.1, 0.15) is 11.1 Å². The third kappa shape index (κ3) is 3.18. The fraction of sp³-hybridized carbons (Fsp3) is 0.250. The second-order valence-corrected chi connectivity index (χ2v) is 4.14. The summed E-state index contributed by atoms with van der Waals surface area (Å²) in [5.74, 6) is 0. The van der Waals surface area contributed by atoms with Gasteiger partial charge >= 0.3 is 0 Å². The summed E-state index contributed by atoms with van der Waals surface area (Å²) in [6.45, 7) is 3.67. The van der Waals surface area contributed by atoms with Crippen LogP contribution in [0.5, 0.6) is 0 Å². The molecule has 0 atom stereocenters. The zero-order valence-electron chi connectivity index (χ0n) is 7.61. The molecular weight excluding hydrogens is 242 g/mol. The summed E-state index contributed by atoms with van der Waals surface area (Å²) in [6, 6.07) is 4.50.